The van der Waals surface area contributed by atoms with Crippen molar-refractivity contribution in [2.75, 3.05) is 11.3 Å². The van der Waals surface area contributed by atoms with Gasteiger partial charge >= 0.3 is 0 Å². The number of amides is 1. The minimum Gasteiger partial charge on any atom is -0.281 e. The largest absolute Gasteiger partial charge is 0.281 e. The Bertz CT molecular complexity index is 881. The van der Waals surface area contributed by atoms with Crippen LogP contribution >= 0.6 is 0 Å². The molecule has 0 bridgehead atoms. The third-order valence-corrected chi connectivity index (χ3v) is 4.87. The van der Waals surface area contributed by atoms with Gasteiger partial charge in [0.25, 0.3) is 5.91 Å². The van der Waals surface area contributed by atoms with E-state index in [4.69, 9.17) is 0 Å². The number of nitrogens with one attached hydrogen (secondary N) is 1. The lowest BCUT2D eigenvalue weighted by molar-refractivity contribution is 0.0948. The van der Waals surface area contributed by atoms with Crippen molar-refractivity contribution >= 4 is 22.4 Å². The zero-order chi connectivity index (χ0) is 18.4. The molecule has 0 aromatic heterocycles. The van der Waals surface area contributed by atoms with Gasteiger partial charge in [0.2, 0.25) is 0 Å². The molecular weight excluding hydrogens is 344 g/mol. The summed E-state index contributed by atoms with van der Waals surface area (Å²) in [5.41, 5.74) is 5.48. The van der Waals surface area contributed by atoms with Gasteiger partial charge in [0.1, 0.15) is 0 Å². The van der Waals surface area contributed by atoms with Crippen LogP contribution in [0.5, 0.6) is 0 Å². The molecule has 0 saturated carbocycles. The van der Waals surface area contributed by atoms with Crippen LogP contribution in [0.4, 0.5) is 5.69 Å². The highest BCUT2D eigenvalue weighted by Gasteiger charge is 2.13. The second-order valence-electron chi connectivity index (χ2n) is 5.83. The molecule has 0 aliphatic carbocycles. The molecule has 1 N–H and O–H groups in total. The first-order valence-electron chi connectivity index (χ1n) is 8.24. The number of carbonyl (C=O) groups is 1. The molecule has 1 unspecified atom stereocenters. The number of para-hydroxylation sites is 1. The van der Waals surface area contributed by atoms with Crippen LogP contribution in [-0.2, 0) is 17.3 Å². The number of benzene rings is 3. The Morgan fingerprint density at radius 2 is 1.46 bits per heavy atom. The fourth-order valence-corrected chi connectivity index (χ4v) is 3.07. The summed E-state index contributed by atoms with van der Waals surface area (Å²) in [6.07, 6.45) is 1.62. The maximum atomic E-state index is 12.7. The Morgan fingerprint density at radius 1 is 0.885 bits per heavy atom. The van der Waals surface area contributed by atoms with Crippen LogP contribution in [0, 0.1) is 0 Å². The van der Waals surface area contributed by atoms with Crippen LogP contribution in [0.15, 0.2) is 89.8 Å². The van der Waals surface area contributed by atoms with Crippen molar-refractivity contribution in [1.82, 2.24) is 5.43 Å². The maximum Gasteiger partial charge on any atom is 0.269 e. The SMILES string of the molecule is CS(=O)c1ccc(C(=O)NN(Cc2ccccc2)c2ccccc2)cc1. The highest BCUT2D eigenvalue weighted by molar-refractivity contribution is 7.84. The molecule has 0 spiro atoms. The second kappa shape index (κ2) is 8.45. The average Bonchev–Trinajstić information content (AvgIpc) is 2.69. The van der Waals surface area contributed by atoms with E-state index in [1.807, 2.05) is 65.7 Å². The molecule has 0 saturated heterocycles. The van der Waals surface area contributed by atoms with Crippen LogP contribution in [0.3, 0.4) is 0 Å². The lowest BCUT2D eigenvalue weighted by atomic mass is 10.2. The zero-order valence-electron chi connectivity index (χ0n) is 14.5. The second-order valence-corrected chi connectivity index (χ2v) is 7.21. The number of hydrogen-bond donors (Lipinski definition) is 1. The van der Waals surface area contributed by atoms with Crippen molar-refractivity contribution in [3.8, 4) is 0 Å². The molecule has 4 nitrogen and oxygen atoms in total. The predicted molar refractivity (Wildman–Crippen MR) is 105 cm³/mol. The molecule has 0 heterocycles. The van der Waals surface area contributed by atoms with E-state index in [0.29, 0.717) is 17.0 Å². The summed E-state index contributed by atoms with van der Waals surface area (Å²) in [6.45, 7) is 0.549. The van der Waals surface area contributed by atoms with Gasteiger partial charge in [-0.25, -0.2) is 0 Å². The highest BCUT2D eigenvalue weighted by atomic mass is 32.2. The minimum absolute atomic E-state index is 0.210. The standard InChI is InChI=1S/C21H20N2O2S/c1-26(25)20-14-12-18(13-15-20)21(24)22-23(19-10-6-3-7-11-19)16-17-8-4-2-5-9-17/h2-15H,16H2,1H3,(H,22,24). The fraction of sp³-hybridized carbons (Fsp3) is 0.0952. The molecule has 26 heavy (non-hydrogen) atoms. The molecule has 132 valence electrons. The molecule has 0 aliphatic heterocycles. The number of rotatable bonds is 6. The quantitative estimate of drug-likeness (QED) is 0.677. The summed E-state index contributed by atoms with van der Waals surface area (Å²) in [5.74, 6) is -0.210. The molecule has 1 amide bonds. The monoisotopic (exact) mass is 364 g/mol. The van der Waals surface area contributed by atoms with Gasteiger partial charge in [-0.2, -0.15) is 0 Å². The lowest BCUT2D eigenvalue weighted by Crippen LogP contribution is -2.42. The summed E-state index contributed by atoms with van der Waals surface area (Å²) in [5, 5.41) is 1.82. The van der Waals surface area contributed by atoms with Gasteiger partial charge in [-0.3, -0.25) is 19.4 Å². The minimum atomic E-state index is -1.06. The summed E-state index contributed by atoms with van der Waals surface area (Å²) in [7, 11) is -1.06. The van der Waals surface area contributed by atoms with Crippen LogP contribution in [0.25, 0.3) is 0 Å². The summed E-state index contributed by atoms with van der Waals surface area (Å²) in [4.78, 5) is 13.4. The average molecular weight is 364 g/mol. The first-order chi connectivity index (χ1) is 12.6. The lowest BCUT2D eigenvalue weighted by Gasteiger charge is -2.25. The van der Waals surface area contributed by atoms with Crippen LogP contribution < -0.4 is 10.4 Å². The van der Waals surface area contributed by atoms with Crippen molar-refractivity contribution in [1.29, 1.82) is 0 Å². The Kier molecular flexibility index (Phi) is 5.81. The van der Waals surface area contributed by atoms with E-state index in [0.717, 1.165) is 11.3 Å². The van der Waals surface area contributed by atoms with Crippen LogP contribution in [0.1, 0.15) is 15.9 Å². The van der Waals surface area contributed by atoms with Crippen molar-refractivity contribution < 1.29 is 9.00 Å². The molecule has 0 fully saturated rings. The first-order valence-corrected chi connectivity index (χ1v) is 9.80. The number of hydrazine groups is 1. The number of hydrogen-bond acceptors (Lipinski definition) is 3. The van der Waals surface area contributed by atoms with Gasteiger partial charge in [-0.05, 0) is 42.0 Å². The third kappa shape index (κ3) is 4.58. The Morgan fingerprint density at radius 3 is 2.04 bits per heavy atom. The molecule has 0 radical (unpaired) electrons. The Hall–Kier alpha value is -2.92. The van der Waals surface area contributed by atoms with E-state index < -0.39 is 10.8 Å². The molecule has 5 heteroatoms. The Balaban J connectivity index is 1.80. The van der Waals surface area contributed by atoms with E-state index >= 15 is 0 Å². The van der Waals surface area contributed by atoms with Gasteiger partial charge in [-0.1, -0.05) is 48.5 Å². The van der Waals surface area contributed by atoms with E-state index in [1.54, 1.807) is 30.5 Å². The maximum absolute atomic E-state index is 12.7. The Labute approximate surface area is 155 Å². The van der Waals surface area contributed by atoms with Crippen molar-refractivity contribution in [3.63, 3.8) is 0 Å². The van der Waals surface area contributed by atoms with E-state index in [9.17, 15) is 9.00 Å². The topological polar surface area (TPSA) is 49.4 Å². The number of nitrogens with zero attached hydrogens (tertiary/aromatic N) is 1. The summed E-state index contributed by atoms with van der Waals surface area (Å²) < 4.78 is 11.5. The molecule has 1 atom stereocenters. The van der Waals surface area contributed by atoms with Gasteiger partial charge in [-0.15, -0.1) is 0 Å². The van der Waals surface area contributed by atoms with Gasteiger partial charge in [0.05, 0.1) is 12.2 Å². The zero-order valence-corrected chi connectivity index (χ0v) is 15.3. The number of anilines is 1. The smallest absolute Gasteiger partial charge is 0.269 e. The molecular formula is C21H20N2O2S. The van der Waals surface area contributed by atoms with Gasteiger partial charge in [0, 0.05) is 27.5 Å². The normalized spacial score (nSPS) is 11.6. The van der Waals surface area contributed by atoms with E-state index in [-0.39, 0.29) is 5.91 Å². The molecule has 3 aromatic rings. The number of carbonyl (C=O) groups excluding carboxylic acids is 1. The fourth-order valence-electron chi connectivity index (χ4n) is 2.55. The summed E-state index contributed by atoms with van der Waals surface area (Å²) in [6, 6.07) is 26.5. The summed E-state index contributed by atoms with van der Waals surface area (Å²) >= 11 is 0. The van der Waals surface area contributed by atoms with Gasteiger partial charge in [0.15, 0.2) is 0 Å². The third-order valence-electron chi connectivity index (χ3n) is 3.94. The predicted octanol–water partition coefficient (Wildman–Crippen LogP) is 3.78. The van der Waals surface area contributed by atoms with Crippen LogP contribution in [-0.4, -0.2) is 16.4 Å². The van der Waals surface area contributed by atoms with E-state index in [1.165, 1.54) is 0 Å². The molecule has 0 aliphatic rings. The van der Waals surface area contributed by atoms with E-state index in [2.05, 4.69) is 5.43 Å². The molecule has 3 rings (SSSR count). The van der Waals surface area contributed by atoms with Crippen LogP contribution in [0.2, 0.25) is 0 Å². The highest BCUT2D eigenvalue weighted by Crippen LogP contribution is 2.16. The van der Waals surface area contributed by atoms with Crippen molar-refractivity contribution in [2.24, 2.45) is 0 Å². The van der Waals surface area contributed by atoms with Crippen molar-refractivity contribution in [3.05, 3.63) is 96.1 Å². The van der Waals surface area contributed by atoms with Gasteiger partial charge < -0.3 is 0 Å². The first kappa shape index (κ1) is 17.9. The van der Waals surface area contributed by atoms with Crippen molar-refractivity contribution in [2.45, 2.75) is 11.4 Å². The molecule has 3 aromatic carbocycles.